The molecule has 0 unspecified atom stereocenters. The van der Waals surface area contributed by atoms with Crippen LogP contribution >= 0.6 is 0 Å². The molecule has 0 spiro atoms. The van der Waals surface area contributed by atoms with E-state index in [2.05, 4.69) is 42.1 Å². The third-order valence-electron chi connectivity index (χ3n) is 2.93. The average Bonchev–Trinajstić information content (AvgIpc) is 2.64. The smallest absolute Gasteiger partial charge is 0.164 e. The first-order valence-electron chi connectivity index (χ1n) is 5.75. The Labute approximate surface area is 101 Å². The lowest BCUT2D eigenvalue weighted by Gasteiger charge is -2.06. The van der Waals surface area contributed by atoms with E-state index in [1.54, 1.807) is 0 Å². The van der Waals surface area contributed by atoms with Gasteiger partial charge in [-0.1, -0.05) is 23.8 Å². The molecule has 0 atom stereocenters. The summed E-state index contributed by atoms with van der Waals surface area (Å²) in [6, 6.07) is 6.47. The van der Waals surface area contributed by atoms with Gasteiger partial charge in [0.05, 0.1) is 6.54 Å². The first kappa shape index (κ1) is 11.8. The van der Waals surface area contributed by atoms with Crippen molar-refractivity contribution in [2.45, 2.75) is 26.8 Å². The summed E-state index contributed by atoms with van der Waals surface area (Å²) in [5.74, 6) is 1.66. The van der Waals surface area contributed by atoms with Crippen molar-refractivity contribution in [1.29, 1.82) is 0 Å². The van der Waals surface area contributed by atoms with Crippen molar-refractivity contribution in [3.8, 4) is 0 Å². The summed E-state index contributed by atoms with van der Waals surface area (Å²) in [5.41, 5.74) is 9.40. The zero-order chi connectivity index (χ0) is 12.4. The van der Waals surface area contributed by atoms with Crippen LogP contribution in [0.2, 0.25) is 0 Å². The monoisotopic (exact) mass is 230 g/mol. The summed E-state index contributed by atoms with van der Waals surface area (Å²) in [6.07, 6.45) is 0.801. The third kappa shape index (κ3) is 2.53. The van der Waals surface area contributed by atoms with Gasteiger partial charge >= 0.3 is 0 Å². The molecule has 4 nitrogen and oxygen atoms in total. The maximum absolute atomic E-state index is 5.54. The summed E-state index contributed by atoms with van der Waals surface area (Å²) in [6.45, 7) is 4.62. The highest BCUT2D eigenvalue weighted by atomic mass is 15.3. The van der Waals surface area contributed by atoms with Crippen molar-refractivity contribution in [3.63, 3.8) is 0 Å². The molecular weight excluding hydrogens is 212 g/mol. The van der Waals surface area contributed by atoms with Gasteiger partial charge in [0.25, 0.3) is 0 Å². The van der Waals surface area contributed by atoms with E-state index in [-0.39, 0.29) is 0 Å². The van der Waals surface area contributed by atoms with Crippen molar-refractivity contribution in [2.75, 3.05) is 0 Å². The zero-order valence-electron chi connectivity index (χ0n) is 10.6. The fourth-order valence-electron chi connectivity index (χ4n) is 1.93. The molecule has 0 fully saturated rings. The van der Waals surface area contributed by atoms with Crippen LogP contribution in [0.25, 0.3) is 0 Å². The van der Waals surface area contributed by atoms with E-state index in [1.165, 1.54) is 16.7 Å². The minimum absolute atomic E-state index is 0.390. The van der Waals surface area contributed by atoms with Crippen LogP contribution in [0.4, 0.5) is 0 Å². The zero-order valence-corrected chi connectivity index (χ0v) is 10.6. The van der Waals surface area contributed by atoms with Gasteiger partial charge in [0.15, 0.2) is 5.82 Å². The van der Waals surface area contributed by atoms with Gasteiger partial charge in [0, 0.05) is 13.5 Å². The van der Waals surface area contributed by atoms with Crippen LogP contribution < -0.4 is 5.73 Å². The molecule has 1 aromatic heterocycles. The fraction of sp³-hybridized carbons (Fsp3) is 0.385. The average molecular weight is 230 g/mol. The second kappa shape index (κ2) is 4.67. The van der Waals surface area contributed by atoms with Crippen LogP contribution in [0.3, 0.4) is 0 Å². The molecule has 0 aliphatic heterocycles. The van der Waals surface area contributed by atoms with E-state index >= 15 is 0 Å². The van der Waals surface area contributed by atoms with Crippen LogP contribution in [0, 0.1) is 13.8 Å². The highest BCUT2D eigenvalue weighted by molar-refractivity contribution is 5.32. The van der Waals surface area contributed by atoms with Gasteiger partial charge in [-0.05, 0) is 25.0 Å². The molecule has 17 heavy (non-hydrogen) atoms. The largest absolute Gasteiger partial charge is 0.324 e. The first-order valence-corrected chi connectivity index (χ1v) is 5.75. The van der Waals surface area contributed by atoms with Gasteiger partial charge in [0.1, 0.15) is 5.82 Å². The summed E-state index contributed by atoms with van der Waals surface area (Å²) in [5, 5.41) is 4.25. The van der Waals surface area contributed by atoms with Gasteiger partial charge < -0.3 is 5.73 Å². The SMILES string of the molecule is Cc1ccc(Cc2nc(CN)nn2C)c(C)c1. The molecule has 2 N–H and O–H groups in total. The lowest BCUT2D eigenvalue weighted by atomic mass is 10.0. The number of aryl methyl sites for hydroxylation is 3. The van der Waals surface area contributed by atoms with Crippen molar-refractivity contribution in [2.24, 2.45) is 12.8 Å². The van der Waals surface area contributed by atoms with E-state index in [0.717, 1.165) is 12.2 Å². The summed E-state index contributed by atoms with van der Waals surface area (Å²) < 4.78 is 1.81. The Morgan fingerprint density at radius 1 is 1.29 bits per heavy atom. The molecule has 4 heteroatoms. The summed E-state index contributed by atoms with van der Waals surface area (Å²) >= 11 is 0. The molecular formula is C13H18N4. The molecule has 0 radical (unpaired) electrons. The number of nitrogens with zero attached hydrogens (tertiary/aromatic N) is 3. The van der Waals surface area contributed by atoms with Crippen molar-refractivity contribution in [1.82, 2.24) is 14.8 Å². The molecule has 0 amide bonds. The van der Waals surface area contributed by atoms with E-state index in [4.69, 9.17) is 5.73 Å². The third-order valence-corrected chi connectivity index (χ3v) is 2.93. The standard InChI is InChI=1S/C13H18N4/c1-9-4-5-11(10(2)6-9)7-13-15-12(8-14)16-17(13)3/h4-6H,7-8,14H2,1-3H3. The van der Waals surface area contributed by atoms with Gasteiger partial charge in [-0.2, -0.15) is 5.10 Å². The number of hydrogen-bond donors (Lipinski definition) is 1. The lowest BCUT2D eigenvalue weighted by molar-refractivity contribution is 0.705. The lowest BCUT2D eigenvalue weighted by Crippen LogP contribution is -2.02. The van der Waals surface area contributed by atoms with Crippen LogP contribution in [0.1, 0.15) is 28.3 Å². The number of rotatable bonds is 3. The molecule has 2 aromatic rings. The van der Waals surface area contributed by atoms with Crippen molar-refractivity contribution >= 4 is 0 Å². The fourth-order valence-corrected chi connectivity index (χ4v) is 1.93. The normalized spacial score (nSPS) is 10.8. The van der Waals surface area contributed by atoms with Crippen molar-refractivity contribution in [3.05, 3.63) is 46.5 Å². The minimum Gasteiger partial charge on any atom is -0.324 e. The number of aromatic nitrogens is 3. The summed E-state index contributed by atoms with van der Waals surface area (Å²) in [4.78, 5) is 4.41. The van der Waals surface area contributed by atoms with E-state index in [1.807, 2.05) is 11.7 Å². The highest BCUT2D eigenvalue weighted by Crippen LogP contribution is 2.14. The Hall–Kier alpha value is -1.68. The number of hydrogen-bond acceptors (Lipinski definition) is 3. The second-order valence-corrected chi connectivity index (χ2v) is 4.38. The Kier molecular flexibility index (Phi) is 3.24. The summed E-state index contributed by atoms with van der Waals surface area (Å²) in [7, 11) is 1.91. The molecule has 0 saturated carbocycles. The van der Waals surface area contributed by atoms with E-state index in [0.29, 0.717) is 12.4 Å². The first-order chi connectivity index (χ1) is 8.10. The Bertz CT molecular complexity index is 528. The van der Waals surface area contributed by atoms with Crippen LogP contribution in [-0.2, 0) is 20.0 Å². The van der Waals surface area contributed by atoms with E-state index < -0.39 is 0 Å². The van der Waals surface area contributed by atoms with Crippen LogP contribution in [0.5, 0.6) is 0 Å². The molecule has 0 bridgehead atoms. The van der Waals surface area contributed by atoms with Gasteiger partial charge in [-0.25, -0.2) is 4.98 Å². The minimum atomic E-state index is 0.390. The molecule has 0 aliphatic carbocycles. The highest BCUT2D eigenvalue weighted by Gasteiger charge is 2.08. The predicted molar refractivity (Wildman–Crippen MR) is 67.6 cm³/mol. The molecule has 90 valence electrons. The van der Waals surface area contributed by atoms with Gasteiger partial charge in [-0.3, -0.25) is 4.68 Å². The maximum atomic E-state index is 5.54. The number of nitrogens with two attached hydrogens (primary N) is 1. The molecule has 0 saturated heterocycles. The van der Waals surface area contributed by atoms with Crippen LogP contribution in [-0.4, -0.2) is 14.8 Å². The molecule has 0 aliphatic rings. The topological polar surface area (TPSA) is 56.7 Å². The quantitative estimate of drug-likeness (QED) is 0.869. The Morgan fingerprint density at radius 3 is 2.65 bits per heavy atom. The second-order valence-electron chi connectivity index (χ2n) is 4.38. The van der Waals surface area contributed by atoms with Gasteiger partial charge in [-0.15, -0.1) is 0 Å². The van der Waals surface area contributed by atoms with Crippen molar-refractivity contribution < 1.29 is 0 Å². The maximum Gasteiger partial charge on any atom is 0.164 e. The molecule has 1 aromatic carbocycles. The Balaban J connectivity index is 2.27. The molecule has 1 heterocycles. The predicted octanol–water partition coefficient (Wildman–Crippen LogP) is 1.48. The van der Waals surface area contributed by atoms with E-state index in [9.17, 15) is 0 Å². The number of benzene rings is 1. The van der Waals surface area contributed by atoms with Gasteiger partial charge in [0.2, 0.25) is 0 Å². The Morgan fingerprint density at radius 2 is 2.06 bits per heavy atom. The van der Waals surface area contributed by atoms with Crippen LogP contribution in [0.15, 0.2) is 18.2 Å². The molecule has 2 rings (SSSR count).